The average Bonchev–Trinajstić information content (AvgIpc) is 2.81. The van der Waals surface area contributed by atoms with Gasteiger partial charge in [-0.05, 0) is 42.8 Å². The highest BCUT2D eigenvalue weighted by molar-refractivity contribution is 5.78. The van der Waals surface area contributed by atoms with E-state index in [9.17, 15) is 13.6 Å². The van der Waals surface area contributed by atoms with Gasteiger partial charge in [0.25, 0.3) is 0 Å². The molecule has 0 aliphatic heterocycles. The van der Waals surface area contributed by atoms with Crippen molar-refractivity contribution in [2.75, 3.05) is 5.32 Å². The number of H-pyrrole nitrogens is 2. The first kappa shape index (κ1) is 13.4. The first-order valence-electron chi connectivity index (χ1n) is 6.46. The van der Waals surface area contributed by atoms with E-state index < -0.39 is 11.6 Å². The monoisotopic (exact) mass is 289 g/mol. The van der Waals surface area contributed by atoms with Gasteiger partial charge in [-0.25, -0.2) is 13.6 Å². The van der Waals surface area contributed by atoms with Crippen molar-refractivity contribution in [2.24, 2.45) is 0 Å². The van der Waals surface area contributed by atoms with Gasteiger partial charge in [-0.2, -0.15) is 0 Å². The van der Waals surface area contributed by atoms with Crippen LogP contribution in [0, 0.1) is 11.6 Å². The van der Waals surface area contributed by atoms with Gasteiger partial charge in [0.05, 0.1) is 11.0 Å². The van der Waals surface area contributed by atoms with Crippen molar-refractivity contribution < 1.29 is 8.78 Å². The second-order valence-corrected chi connectivity index (χ2v) is 4.88. The fourth-order valence-corrected chi connectivity index (χ4v) is 2.24. The van der Waals surface area contributed by atoms with Crippen molar-refractivity contribution in [3.8, 4) is 0 Å². The molecule has 0 aliphatic carbocycles. The van der Waals surface area contributed by atoms with Gasteiger partial charge >= 0.3 is 5.69 Å². The van der Waals surface area contributed by atoms with Crippen LogP contribution in [0.1, 0.15) is 18.5 Å². The highest BCUT2D eigenvalue weighted by Crippen LogP contribution is 2.22. The van der Waals surface area contributed by atoms with Crippen LogP contribution in [-0.2, 0) is 0 Å². The molecule has 0 aliphatic rings. The molecule has 108 valence electrons. The second kappa shape index (κ2) is 5.05. The smallest absolute Gasteiger partial charge is 0.323 e. The molecule has 21 heavy (non-hydrogen) atoms. The Hall–Kier alpha value is -2.63. The molecule has 3 rings (SSSR count). The maximum Gasteiger partial charge on any atom is 0.323 e. The first-order chi connectivity index (χ1) is 10.0. The van der Waals surface area contributed by atoms with Gasteiger partial charge in [0, 0.05) is 11.7 Å². The predicted molar refractivity (Wildman–Crippen MR) is 77.3 cm³/mol. The lowest BCUT2D eigenvalue weighted by Crippen LogP contribution is -2.07. The number of rotatable bonds is 3. The molecule has 0 saturated carbocycles. The summed E-state index contributed by atoms with van der Waals surface area (Å²) in [6.45, 7) is 1.84. The summed E-state index contributed by atoms with van der Waals surface area (Å²) >= 11 is 0. The van der Waals surface area contributed by atoms with Crippen molar-refractivity contribution in [2.45, 2.75) is 13.0 Å². The average molecular weight is 289 g/mol. The number of hydrogen-bond acceptors (Lipinski definition) is 2. The normalized spacial score (nSPS) is 12.5. The number of anilines is 1. The number of fused-ring (bicyclic) bond motifs is 1. The molecule has 2 aromatic carbocycles. The summed E-state index contributed by atoms with van der Waals surface area (Å²) in [7, 11) is 0. The SMILES string of the molecule is CC(Nc1ccc2[nH]c(=O)[nH]c2c1)c1ccc(F)c(F)c1. The minimum atomic E-state index is -0.869. The lowest BCUT2D eigenvalue weighted by molar-refractivity contribution is 0.506. The number of halogens is 2. The predicted octanol–water partition coefficient (Wildman–Crippen LogP) is 3.31. The fourth-order valence-electron chi connectivity index (χ4n) is 2.24. The van der Waals surface area contributed by atoms with Crippen LogP contribution in [0.15, 0.2) is 41.2 Å². The minimum absolute atomic E-state index is 0.205. The van der Waals surface area contributed by atoms with Gasteiger partial charge in [0.2, 0.25) is 0 Å². The molecule has 0 amide bonds. The maximum absolute atomic E-state index is 13.2. The van der Waals surface area contributed by atoms with Crippen LogP contribution in [0.3, 0.4) is 0 Å². The van der Waals surface area contributed by atoms with E-state index in [1.165, 1.54) is 12.1 Å². The molecule has 3 N–H and O–H groups in total. The van der Waals surface area contributed by atoms with Gasteiger partial charge in [0.1, 0.15) is 0 Å². The van der Waals surface area contributed by atoms with Crippen molar-refractivity contribution in [3.05, 3.63) is 64.1 Å². The van der Waals surface area contributed by atoms with Crippen molar-refractivity contribution in [1.29, 1.82) is 0 Å². The molecular formula is C15H13F2N3O. The summed E-state index contributed by atoms with van der Waals surface area (Å²) in [5.41, 5.74) is 2.54. The maximum atomic E-state index is 13.2. The Bertz CT molecular complexity index is 853. The number of nitrogens with one attached hydrogen (secondary N) is 3. The van der Waals surface area contributed by atoms with E-state index in [0.29, 0.717) is 16.6 Å². The Morgan fingerprint density at radius 1 is 1.00 bits per heavy atom. The molecule has 0 radical (unpaired) electrons. The summed E-state index contributed by atoms with van der Waals surface area (Å²) < 4.78 is 26.2. The van der Waals surface area contributed by atoms with Crippen molar-refractivity contribution >= 4 is 16.7 Å². The summed E-state index contributed by atoms with van der Waals surface area (Å²) in [5, 5.41) is 3.18. The summed E-state index contributed by atoms with van der Waals surface area (Å²) in [5.74, 6) is -1.73. The van der Waals surface area contributed by atoms with Gasteiger partial charge < -0.3 is 15.3 Å². The molecule has 0 saturated heterocycles. The Balaban J connectivity index is 1.86. The molecule has 3 aromatic rings. The number of aromatic nitrogens is 2. The van der Waals surface area contributed by atoms with Crippen LogP contribution in [0.4, 0.5) is 14.5 Å². The molecule has 4 nitrogen and oxygen atoms in total. The van der Waals surface area contributed by atoms with E-state index in [1.807, 2.05) is 13.0 Å². The number of hydrogen-bond donors (Lipinski definition) is 3. The minimum Gasteiger partial charge on any atom is -0.378 e. The Labute approximate surface area is 118 Å². The highest BCUT2D eigenvalue weighted by Gasteiger charge is 2.09. The third-order valence-corrected chi connectivity index (χ3v) is 3.34. The third-order valence-electron chi connectivity index (χ3n) is 3.34. The van der Waals surface area contributed by atoms with Crippen molar-refractivity contribution in [3.63, 3.8) is 0 Å². The Kier molecular flexibility index (Phi) is 3.21. The Morgan fingerprint density at radius 2 is 1.76 bits per heavy atom. The van der Waals surface area contributed by atoms with Crippen LogP contribution < -0.4 is 11.0 Å². The lowest BCUT2D eigenvalue weighted by atomic mass is 10.1. The van der Waals surface area contributed by atoms with Crippen LogP contribution in [0.25, 0.3) is 11.0 Å². The molecule has 1 atom stereocenters. The van der Waals surface area contributed by atoms with Crippen LogP contribution in [0.5, 0.6) is 0 Å². The quantitative estimate of drug-likeness (QED) is 0.692. The van der Waals surface area contributed by atoms with Gasteiger partial charge in [0.15, 0.2) is 11.6 Å². The summed E-state index contributed by atoms with van der Waals surface area (Å²) in [6, 6.07) is 8.97. The van der Waals surface area contributed by atoms with Gasteiger partial charge in [-0.15, -0.1) is 0 Å². The van der Waals surface area contributed by atoms with E-state index in [2.05, 4.69) is 15.3 Å². The van der Waals surface area contributed by atoms with Crippen LogP contribution >= 0.6 is 0 Å². The van der Waals surface area contributed by atoms with E-state index in [0.717, 1.165) is 11.8 Å². The zero-order valence-electron chi connectivity index (χ0n) is 11.2. The Morgan fingerprint density at radius 3 is 2.52 bits per heavy atom. The molecule has 6 heteroatoms. The molecule has 1 unspecified atom stereocenters. The number of imidazole rings is 1. The number of aromatic amines is 2. The zero-order chi connectivity index (χ0) is 15.0. The second-order valence-electron chi connectivity index (χ2n) is 4.88. The van der Waals surface area contributed by atoms with Crippen LogP contribution in [0.2, 0.25) is 0 Å². The van der Waals surface area contributed by atoms with Gasteiger partial charge in [-0.1, -0.05) is 6.07 Å². The molecule has 0 bridgehead atoms. The standard InChI is InChI=1S/C15H13F2N3O/c1-8(9-2-4-11(16)12(17)6-9)18-10-3-5-13-14(7-10)20-15(21)19-13/h2-8,18H,1H3,(H2,19,20,21). The van der Waals surface area contributed by atoms with Gasteiger partial charge in [-0.3, -0.25) is 0 Å². The largest absolute Gasteiger partial charge is 0.378 e. The van der Waals surface area contributed by atoms with E-state index >= 15 is 0 Å². The zero-order valence-corrected chi connectivity index (χ0v) is 11.2. The summed E-state index contributed by atoms with van der Waals surface area (Å²) in [6.07, 6.45) is 0. The lowest BCUT2D eigenvalue weighted by Gasteiger charge is -2.16. The van der Waals surface area contributed by atoms with E-state index in [4.69, 9.17) is 0 Å². The van der Waals surface area contributed by atoms with E-state index in [-0.39, 0.29) is 11.7 Å². The number of benzene rings is 2. The summed E-state index contributed by atoms with van der Waals surface area (Å²) in [4.78, 5) is 16.5. The topological polar surface area (TPSA) is 60.7 Å². The fraction of sp³-hybridized carbons (Fsp3) is 0.133. The first-order valence-corrected chi connectivity index (χ1v) is 6.46. The molecule has 1 aromatic heterocycles. The highest BCUT2D eigenvalue weighted by atomic mass is 19.2. The molecule has 1 heterocycles. The third kappa shape index (κ3) is 2.65. The van der Waals surface area contributed by atoms with Crippen LogP contribution in [-0.4, -0.2) is 9.97 Å². The van der Waals surface area contributed by atoms with Crippen molar-refractivity contribution in [1.82, 2.24) is 9.97 Å². The molecule has 0 spiro atoms. The molecular weight excluding hydrogens is 276 g/mol. The molecule has 0 fully saturated rings. The van der Waals surface area contributed by atoms with E-state index in [1.54, 1.807) is 12.1 Å².